The number of rotatable bonds is 17. The first-order valence-corrected chi connectivity index (χ1v) is 18.1. The summed E-state index contributed by atoms with van der Waals surface area (Å²) in [5.41, 5.74) is 1.74. The van der Waals surface area contributed by atoms with Gasteiger partial charge in [0.2, 0.25) is 11.8 Å². The molecular weight excluding hydrogens is 678 g/mol. The maximum Gasteiger partial charge on any atom is 0.264 e. The molecule has 0 aliphatic rings. The maximum absolute atomic E-state index is 14.7. The van der Waals surface area contributed by atoms with Crippen LogP contribution < -0.4 is 23.8 Å². The highest BCUT2D eigenvalue weighted by molar-refractivity contribution is 7.92. The van der Waals surface area contributed by atoms with E-state index in [9.17, 15) is 18.0 Å². The van der Waals surface area contributed by atoms with Gasteiger partial charge in [-0.2, -0.15) is 0 Å². The number of benzene rings is 4. The lowest BCUT2D eigenvalue weighted by atomic mass is 10.0. The molecule has 4 rings (SSSR count). The van der Waals surface area contributed by atoms with Crippen LogP contribution in [0.3, 0.4) is 0 Å². The van der Waals surface area contributed by atoms with E-state index in [1.807, 2.05) is 57.2 Å². The minimum Gasteiger partial charge on any atom is -0.494 e. The third kappa shape index (κ3) is 9.92. The molecule has 4 aromatic rings. The Morgan fingerprint density at radius 2 is 1.52 bits per heavy atom. The van der Waals surface area contributed by atoms with Crippen molar-refractivity contribution in [1.82, 2.24) is 10.2 Å². The minimum absolute atomic E-state index is 0.000480. The fourth-order valence-electron chi connectivity index (χ4n) is 5.32. The number of hydrogen-bond donors (Lipinski definition) is 1. The van der Waals surface area contributed by atoms with Crippen LogP contribution in [0.1, 0.15) is 31.9 Å². The Balaban J connectivity index is 1.83. The standard InChI is InChI=1S/C38H44ClN3O7S/c1-6-49-32-17-15-31(16-18-32)42(50(45,46)33-19-20-35(47-4)36(23-33)48-5)26-37(43)41(25-29-13-10-14-30(39)21-29)34(38(44)40-24-27(2)3)22-28-11-8-7-9-12-28/h7-21,23,27,34H,6,22,24-26H2,1-5H3,(H,40,44)/t34-/m0/s1. The SMILES string of the molecule is CCOc1ccc(N(CC(=O)N(Cc2cccc(Cl)c2)[C@@H](Cc2ccccc2)C(=O)NCC(C)C)S(=O)(=O)c2ccc(OC)c(OC)c2)cc1. The van der Waals surface area contributed by atoms with Gasteiger partial charge in [0.1, 0.15) is 18.3 Å². The second-order valence-corrected chi connectivity index (χ2v) is 14.3. The van der Waals surface area contributed by atoms with Crippen molar-refractivity contribution in [3.8, 4) is 17.2 Å². The molecule has 0 saturated heterocycles. The van der Waals surface area contributed by atoms with Crippen LogP contribution in [-0.4, -0.2) is 65.1 Å². The smallest absolute Gasteiger partial charge is 0.264 e. The first kappa shape index (κ1) is 38.1. The molecule has 0 unspecified atom stereocenters. The lowest BCUT2D eigenvalue weighted by Crippen LogP contribution is -2.53. The van der Waals surface area contributed by atoms with E-state index in [4.69, 9.17) is 25.8 Å². The van der Waals surface area contributed by atoms with Crippen molar-refractivity contribution in [3.63, 3.8) is 0 Å². The molecule has 10 nitrogen and oxygen atoms in total. The molecule has 0 aliphatic heterocycles. The van der Waals surface area contributed by atoms with Gasteiger partial charge in [0, 0.05) is 30.6 Å². The van der Waals surface area contributed by atoms with Gasteiger partial charge in [-0.1, -0.05) is 67.9 Å². The molecule has 0 heterocycles. The predicted molar refractivity (Wildman–Crippen MR) is 195 cm³/mol. The van der Waals surface area contributed by atoms with Crippen LogP contribution in [0.5, 0.6) is 17.2 Å². The van der Waals surface area contributed by atoms with Crippen molar-refractivity contribution in [2.75, 3.05) is 38.2 Å². The predicted octanol–water partition coefficient (Wildman–Crippen LogP) is 6.36. The summed E-state index contributed by atoms with van der Waals surface area (Å²) in [6.45, 7) is 6.01. The molecule has 0 saturated carbocycles. The lowest BCUT2D eigenvalue weighted by molar-refractivity contribution is -0.140. The molecule has 0 fully saturated rings. The number of hydrogen-bond acceptors (Lipinski definition) is 7. The van der Waals surface area contributed by atoms with Gasteiger partial charge in [-0.15, -0.1) is 0 Å². The van der Waals surface area contributed by atoms with Crippen molar-refractivity contribution in [2.45, 2.75) is 44.7 Å². The van der Waals surface area contributed by atoms with Crippen molar-refractivity contribution >= 4 is 39.1 Å². The largest absolute Gasteiger partial charge is 0.494 e. The zero-order valence-electron chi connectivity index (χ0n) is 29.0. The van der Waals surface area contributed by atoms with Crippen LogP contribution in [0.25, 0.3) is 0 Å². The molecule has 1 atom stereocenters. The zero-order valence-corrected chi connectivity index (χ0v) is 30.5. The highest BCUT2D eigenvalue weighted by Crippen LogP contribution is 2.33. The molecule has 266 valence electrons. The minimum atomic E-state index is -4.38. The van der Waals surface area contributed by atoms with E-state index < -0.39 is 28.5 Å². The lowest BCUT2D eigenvalue weighted by Gasteiger charge is -2.34. The van der Waals surface area contributed by atoms with Crippen molar-refractivity contribution in [1.29, 1.82) is 0 Å². The van der Waals surface area contributed by atoms with Crippen LogP contribution in [0.15, 0.2) is 102 Å². The van der Waals surface area contributed by atoms with Gasteiger partial charge in [0.25, 0.3) is 10.0 Å². The Labute approximate surface area is 300 Å². The molecule has 1 N–H and O–H groups in total. The molecule has 0 spiro atoms. The number of halogens is 1. The van der Waals surface area contributed by atoms with Gasteiger partial charge in [0.15, 0.2) is 11.5 Å². The average Bonchev–Trinajstić information content (AvgIpc) is 3.11. The van der Waals surface area contributed by atoms with E-state index in [1.165, 1.54) is 37.3 Å². The van der Waals surface area contributed by atoms with E-state index in [0.717, 1.165) is 9.87 Å². The number of sulfonamides is 1. The number of carbonyl (C=O) groups excluding carboxylic acids is 2. The number of methoxy groups -OCH3 is 2. The Morgan fingerprint density at radius 3 is 2.14 bits per heavy atom. The van der Waals surface area contributed by atoms with Crippen LogP contribution in [0.4, 0.5) is 5.69 Å². The summed E-state index contributed by atoms with van der Waals surface area (Å²) >= 11 is 6.34. The van der Waals surface area contributed by atoms with Crippen LogP contribution in [-0.2, 0) is 32.6 Å². The first-order chi connectivity index (χ1) is 24.0. The molecule has 0 aliphatic carbocycles. The van der Waals surface area contributed by atoms with E-state index in [2.05, 4.69) is 5.32 Å². The quantitative estimate of drug-likeness (QED) is 0.135. The molecule has 50 heavy (non-hydrogen) atoms. The van der Waals surface area contributed by atoms with Crippen LogP contribution in [0.2, 0.25) is 5.02 Å². The summed E-state index contributed by atoms with van der Waals surface area (Å²) in [5.74, 6) is 0.309. The van der Waals surface area contributed by atoms with E-state index in [-0.39, 0.29) is 41.1 Å². The van der Waals surface area contributed by atoms with E-state index >= 15 is 0 Å². The molecule has 0 radical (unpaired) electrons. The Hall–Kier alpha value is -4.74. The summed E-state index contributed by atoms with van der Waals surface area (Å²) in [6.07, 6.45) is 0.197. The summed E-state index contributed by atoms with van der Waals surface area (Å²) in [6, 6.07) is 26.1. The second kappa shape index (κ2) is 17.8. The number of carbonyl (C=O) groups is 2. The van der Waals surface area contributed by atoms with Gasteiger partial charge in [0.05, 0.1) is 31.4 Å². The van der Waals surface area contributed by atoms with Crippen molar-refractivity contribution in [2.24, 2.45) is 5.92 Å². The third-order valence-electron chi connectivity index (χ3n) is 7.86. The number of nitrogens with one attached hydrogen (secondary N) is 1. The zero-order chi connectivity index (χ0) is 36.3. The van der Waals surface area contributed by atoms with Crippen molar-refractivity contribution < 1.29 is 32.2 Å². The number of ether oxygens (including phenoxy) is 3. The van der Waals surface area contributed by atoms with Gasteiger partial charge < -0.3 is 24.4 Å². The highest BCUT2D eigenvalue weighted by Gasteiger charge is 2.35. The summed E-state index contributed by atoms with van der Waals surface area (Å²) in [7, 11) is -1.52. The molecule has 12 heteroatoms. The Kier molecular flexibility index (Phi) is 13.5. The van der Waals surface area contributed by atoms with Crippen LogP contribution >= 0.6 is 11.6 Å². The molecule has 0 aromatic heterocycles. The van der Waals surface area contributed by atoms with Crippen molar-refractivity contribution in [3.05, 3.63) is 113 Å². The molecule has 4 aromatic carbocycles. The van der Waals surface area contributed by atoms with Gasteiger partial charge in [-0.3, -0.25) is 13.9 Å². The van der Waals surface area contributed by atoms with Gasteiger partial charge in [-0.25, -0.2) is 8.42 Å². The monoisotopic (exact) mass is 721 g/mol. The summed E-state index contributed by atoms with van der Waals surface area (Å²) in [4.78, 5) is 30.0. The van der Waals surface area contributed by atoms with E-state index in [1.54, 1.807) is 42.5 Å². The summed E-state index contributed by atoms with van der Waals surface area (Å²) < 4.78 is 46.3. The maximum atomic E-state index is 14.7. The second-order valence-electron chi connectivity index (χ2n) is 12.0. The third-order valence-corrected chi connectivity index (χ3v) is 9.86. The highest BCUT2D eigenvalue weighted by atomic mass is 35.5. The normalized spacial score (nSPS) is 11.8. The average molecular weight is 722 g/mol. The Morgan fingerprint density at radius 1 is 0.840 bits per heavy atom. The molecular formula is C38H44ClN3O7S. The Bertz CT molecular complexity index is 1840. The van der Waals surface area contributed by atoms with Crippen LogP contribution in [0, 0.1) is 5.92 Å². The molecule has 0 bridgehead atoms. The first-order valence-electron chi connectivity index (χ1n) is 16.3. The van der Waals surface area contributed by atoms with Gasteiger partial charge >= 0.3 is 0 Å². The molecule has 2 amide bonds. The fraction of sp³-hybridized carbons (Fsp3) is 0.316. The number of anilines is 1. The fourth-order valence-corrected chi connectivity index (χ4v) is 6.96. The number of nitrogens with zero attached hydrogens (tertiary/aromatic N) is 2. The van der Waals surface area contributed by atoms with Gasteiger partial charge in [-0.05, 0) is 72.5 Å². The summed E-state index contributed by atoms with van der Waals surface area (Å²) in [5, 5.41) is 3.45. The van der Waals surface area contributed by atoms with E-state index in [0.29, 0.717) is 35.2 Å². The number of amides is 2. The topological polar surface area (TPSA) is 114 Å².